The molecule has 5 heteroatoms. The molecule has 0 saturated carbocycles. The molecule has 0 unspecified atom stereocenters. The lowest BCUT2D eigenvalue weighted by Gasteiger charge is -2.19. The molecule has 0 aliphatic heterocycles. The van der Waals surface area contributed by atoms with E-state index in [0.29, 0.717) is 17.4 Å². The zero-order chi connectivity index (χ0) is 18.4. The minimum Gasteiger partial charge on any atom is -0.354 e. The lowest BCUT2D eigenvalue weighted by molar-refractivity contribution is 0.102. The van der Waals surface area contributed by atoms with E-state index in [0.717, 1.165) is 18.7 Å². The number of nitrogens with one attached hydrogen (secondary N) is 2. The van der Waals surface area contributed by atoms with E-state index in [1.807, 2.05) is 24.3 Å². The predicted molar refractivity (Wildman–Crippen MR) is 103 cm³/mol. The van der Waals surface area contributed by atoms with E-state index in [9.17, 15) is 4.79 Å². The van der Waals surface area contributed by atoms with Crippen LogP contribution in [-0.4, -0.2) is 22.4 Å². The third-order valence-corrected chi connectivity index (χ3v) is 3.93. The van der Waals surface area contributed by atoms with E-state index in [-0.39, 0.29) is 11.3 Å². The fraction of sp³-hybridized carbons (Fsp3) is 0.450. The zero-order valence-corrected chi connectivity index (χ0v) is 15.8. The van der Waals surface area contributed by atoms with Gasteiger partial charge in [0.1, 0.15) is 0 Å². The zero-order valence-electron chi connectivity index (χ0n) is 15.8. The Morgan fingerprint density at radius 1 is 1.08 bits per heavy atom. The number of nitrogens with zero attached hydrogens (tertiary/aromatic N) is 2. The molecule has 0 aliphatic carbocycles. The lowest BCUT2D eigenvalue weighted by atomic mass is 9.87. The van der Waals surface area contributed by atoms with Crippen molar-refractivity contribution in [3.8, 4) is 0 Å². The number of hydrogen-bond acceptors (Lipinski definition) is 4. The Kier molecular flexibility index (Phi) is 6.12. The number of amides is 1. The summed E-state index contributed by atoms with van der Waals surface area (Å²) in [5, 5.41) is 6.03. The maximum atomic E-state index is 12.3. The Bertz CT molecular complexity index is 685. The molecule has 0 aliphatic rings. The number of aromatic nitrogens is 2. The van der Waals surface area contributed by atoms with Gasteiger partial charge in [-0.15, -0.1) is 0 Å². The first-order chi connectivity index (χ1) is 11.8. The van der Waals surface area contributed by atoms with E-state index >= 15 is 0 Å². The average Bonchev–Trinajstić information content (AvgIpc) is 2.55. The molecule has 1 heterocycles. The number of hydrogen-bond donors (Lipinski definition) is 2. The molecule has 1 amide bonds. The van der Waals surface area contributed by atoms with Gasteiger partial charge in [-0.3, -0.25) is 4.79 Å². The highest BCUT2D eigenvalue weighted by molar-refractivity contribution is 6.03. The second-order valence-electron chi connectivity index (χ2n) is 7.69. The molecule has 0 spiro atoms. The van der Waals surface area contributed by atoms with Crippen molar-refractivity contribution in [3.63, 3.8) is 0 Å². The van der Waals surface area contributed by atoms with Gasteiger partial charge in [-0.2, -0.15) is 0 Å². The van der Waals surface area contributed by atoms with Gasteiger partial charge in [0.15, 0.2) is 0 Å². The molecule has 2 rings (SSSR count). The summed E-state index contributed by atoms with van der Waals surface area (Å²) in [7, 11) is 0. The fourth-order valence-corrected chi connectivity index (χ4v) is 2.27. The summed E-state index contributed by atoms with van der Waals surface area (Å²) >= 11 is 0. The summed E-state index contributed by atoms with van der Waals surface area (Å²) in [5.74, 6) is 0.964. The molecule has 0 fully saturated rings. The van der Waals surface area contributed by atoms with Gasteiger partial charge in [0.25, 0.3) is 5.91 Å². The van der Waals surface area contributed by atoms with Gasteiger partial charge in [0.05, 0.1) is 5.56 Å². The van der Waals surface area contributed by atoms with Crippen LogP contribution in [0.3, 0.4) is 0 Å². The summed E-state index contributed by atoms with van der Waals surface area (Å²) in [6.07, 6.45) is 4.14. The first-order valence-electron chi connectivity index (χ1n) is 8.73. The Morgan fingerprint density at radius 3 is 2.20 bits per heavy atom. The van der Waals surface area contributed by atoms with Crippen molar-refractivity contribution in [3.05, 3.63) is 47.8 Å². The second-order valence-corrected chi connectivity index (χ2v) is 7.69. The summed E-state index contributed by atoms with van der Waals surface area (Å²) in [4.78, 5) is 20.7. The summed E-state index contributed by atoms with van der Waals surface area (Å²) < 4.78 is 0. The largest absolute Gasteiger partial charge is 0.354 e. The van der Waals surface area contributed by atoms with Crippen LogP contribution in [0.1, 0.15) is 57.0 Å². The number of anilines is 2. The fourth-order valence-electron chi connectivity index (χ4n) is 2.27. The molecule has 2 aromatic rings. The molecule has 1 aromatic carbocycles. The van der Waals surface area contributed by atoms with Gasteiger partial charge in [-0.05, 0) is 35.4 Å². The molecule has 0 bridgehead atoms. The highest BCUT2D eigenvalue weighted by Crippen LogP contribution is 2.23. The predicted octanol–water partition coefficient (Wildman–Crippen LogP) is 4.48. The number of carbonyl (C=O) groups is 1. The summed E-state index contributed by atoms with van der Waals surface area (Å²) in [5.41, 5.74) is 2.52. The van der Waals surface area contributed by atoms with Crippen LogP contribution in [0.4, 0.5) is 11.6 Å². The standard InChI is InChI=1S/C20H28N4O/c1-14(2)10-11-21-19-22-12-15(13-23-19)18(25)24-17-8-6-16(7-9-17)20(3,4)5/h6-9,12-14H,10-11H2,1-5H3,(H,24,25)(H,21,22,23). The maximum Gasteiger partial charge on any atom is 0.258 e. The topological polar surface area (TPSA) is 66.9 Å². The van der Waals surface area contributed by atoms with E-state index in [1.165, 1.54) is 5.56 Å². The van der Waals surface area contributed by atoms with Crippen molar-refractivity contribution in [1.29, 1.82) is 0 Å². The van der Waals surface area contributed by atoms with E-state index in [2.05, 4.69) is 55.2 Å². The van der Waals surface area contributed by atoms with E-state index in [1.54, 1.807) is 12.4 Å². The Balaban J connectivity index is 1.94. The number of rotatable bonds is 6. The van der Waals surface area contributed by atoms with Crippen LogP contribution >= 0.6 is 0 Å². The highest BCUT2D eigenvalue weighted by atomic mass is 16.1. The average molecular weight is 340 g/mol. The van der Waals surface area contributed by atoms with Crippen LogP contribution < -0.4 is 10.6 Å². The Morgan fingerprint density at radius 2 is 1.68 bits per heavy atom. The Labute approximate surface area is 150 Å². The maximum absolute atomic E-state index is 12.3. The van der Waals surface area contributed by atoms with Crippen LogP contribution in [0.15, 0.2) is 36.7 Å². The van der Waals surface area contributed by atoms with Crippen LogP contribution in [0.25, 0.3) is 0 Å². The van der Waals surface area contributed by atoms with Gasteiger partial charge in [-0.1, -0.05) is 46.8 Å². The van der Waals surface area contributed by atoms with Crippen LogP contribution in [0.2, 0.25) is 0 Å². The molecule has 0 saturated heterocycles. The molecule has 0 radical (unpaired) electrons. The summed E-state index contributed by atoms with van der Waals surface area (Å²) in [6, 6.07) is 7.91. The molecule has 0 atom stereocenters. The van der Waals surface area contributed by atoms with Gasteiger partial charge in [-0.25, -0.2) is 9.97 Å². The van der Waals surface area contributed by atoms with Crippen molar-refractivity contribution in [1.82, 2.24) is 9.97 Å². The summed E-state index contributed by atoms with van der Waals surface area (Å²) in [6.45, 7) is 11.6. The van der Waals surface area contributed by atoms with Gasteiger partial charge in [0, 0.05) is 24.6 Å². The quantitative estimate of drug-likeness (QED) is 0.813. The van der Waals surface area contributed by atoms with Crippen molar-refractivity contribution < 1.29 is 4.79 Å². The smallest absolute Gasteiger partial charge is 0.258 e. The first kappa shape index (κ1) is 18.9. The number of carbonyl (C=O) groups excluding carboxylic acids is 1. The third kappa shape index (κ3) is 5.85. The van der Waals surface area contributed by atoms with Crippen LogP contribution in [0.5, 0.6) is 0 Å². The van der Waals surface area contributed by atoms with Gasteiger partial charge >= 0.3 is 0 Å². The molecule has 25 heavy (non-hydrogen) atoms. The lowest BCUT2D eigenvalue weighted by Crippen LogP contribution is -2.15. The van der Waals surface area contributed by atoms with Crippen LogP contribution in [-0.2, 0) is 5.41 Å². The Hall–Kier alpha value is -2.43. The van der Waals surface area contributed by atoms with Crippen molar-refractivity contribution in [2.45, 2.75) is 46.5 Å². The monoisotopic (exact) mass is 340 g/mol. The molecular formula is C20H28N4O. The number of benzene rings is 1. The second kappa shape index (κ2) is 8.10. The first-order valence-corrected chi connectivity index (χ1v) is 8.73. The molecule has 2 N–H and O–H groups in total. The minimum atomic E-state index is -0.211. The van der Waals surface area contributed by atoms with Crippen molar-refractivity contribution in [2.75, 3.05) is 17.2 Å². The normalized spacial score (nSPS) is 11.4. The molecule has 1 aromatic heterocycles. The minimum absolute atomic E-state index is 0.0920. The van der Waals surface area contributed by atoms with Gasteiger partial charge < -0.3 is 10.6 Å². The van der Waals surface area contributed by atoms with Crippen molar-refractivity contribution >= 4 is 17.5 Å². The molecule has 134 valence electrons. The molecule has 5 nitrogen and oxygen atoms in total. The van der Waals surface area contributed by atoms with Crippen molar-refractivity contribution in [2.24, 2.45) is 5.92 Å². The molecular weight excluding hydrogens is 312 g/mol. The van der Waals surface area contributed by atoms with Gasteiger partial charge in [0.2, 0.25) is 5.95 Å². The van der Waals surface area contributed by atoms with E-state index < -0.39 is 0 Å². The highest BCUT2D eigenvalue weighted by Gasteiger charge is 2.13. The SMILES string of the molecule is CC(C)CCNc1ncc(C(=O)Nc2ccc(C(C)(C)C)cc2)cn1. The van der Waals surface area contributed by atoms with Crippen LogP contribution in [0, 0.1) is 5.92 Å². The third-order valence-electron chi connectivity index (χ3n) is 3.93. The van der Waals surface area contributed by atoms with E-state index in [4.69, 9.17) is 0 Å².